The minimum atomic E-state index is -0.344. The molecular weight excluding hydrogens is 291 g/mol. The fourth-order valence-electron chi connectivity index (χ4n) is 2.46. The Balaban J connectivity index is 1.96. The zero-order valence-electron chi connectivity index (χ0n) is 15.1. The van der Waals surface area contributed by atoms with Gasteiger partial charge in [-0.2, -0.15) is 0 Å². The molecule has 0 atom stereocenters. The quantitative estimate of drug-likeness (QED) is 0.545. The molecule has 0 aliphatic carbocycles. The highest BCUT2D eigenvalue weighted by Gasteiger charge is 2.52. The van der Waals surface area contributed by atoms with Crippen molar-refractivity contribution in [1.29, 1.82) is 0 Å². The van der Waals surface area contributed by atoms with E-state index in [1.54, 1.807) is 0 Å². The van der Waals surface area contributed by atoms with Gasteiger partial charge in [-0.15, -0.1) is 0 Å². The van der Waals surface area contributed by atoms with Gasteiger partial charge < -0.3 is 18.8 Å². The maximum Gasteiger partial charge on any atom is 0.495 e. The maximum atomic E-state index is 6.15. The van der Waals surface area contributed by atoms with E-state index in [0.717, 1.165) is 30.7 Å². The molecule has 0 spiro atoms. The first-order chi connectivity index (χ1) is 10.9. The number of rotatable bonds is 8. The van der Waals surface area contributed by atoms with Crippen LogP contribution >= 0.6 is 0 Å². The number of hydrogen-bond donors (Lipinski definition) is 0. The molecule has 1 aromatic rings. The standard InChI is InChI=1S/C18H29BO4/c1-6-20-12-9-13-21-14-15-10-7-8-11-16(15)19-22-17(2,3)18(4,5)23-19/h7-8,10-11H,6,9,12-14H2,1-5H3. The smallest absolute Gasteiger partial charge is 0.399 e. The summed E-state index contributed by atoms with van der Waals surface area (Å²) in [5.74, 6) is 0. The number of hydrogen-bond acceptors (Lipinski definition) is 4. The Labute approximate surface area is 140 Å². The lowest BCUT2D eigenvalue weighted by Crippen LogP contribution is -2.41. The van der Waals surface area contributed by atoms with E-state index >= 15 is 0 Å². The van der Waals surface area contributed by atoms with Gasteiger partial charge in [0.15, 0.2) is 0 Å². The maximum absolute atomic E-state index is 6.15. The zero-order chi connectivity index (χ0) is 16.9. The second-order valence-electron chi connectivity index (χ2n) is 6.89. The molecule has 5 heteroatoms. The molecule has 0 bridgehead atoms. The summed E-state index contributed by atoms with van der Waals surface area (Å²) in [5.41, 5.74) is 1.50. The molecule has 0 N–H and O–H groups in total. The second kappa shape index (κ2) is 7.80. The van der Waals surface area contributed by atoms with Crippen LogP contribution in [0.2, 0.25) is 0 Å². The van der Waals surface area contributed by atoms with E-state index in [2.05, 4.69) is 39.8 Å². The lowest BCUT2D eigenvalue weighted by molar-refractivity contribution is 0.00578. The molecular formula is C18H29BO4. The van der Waals surface area contributed by atoms with Crippen molar-refractivity contribution in [3.05, 3.63) is 29.8 Å². The molecule has 1 aliphatic heterocycles. The molecule has 128 valence electrons. The van der Waals surface area contributed by atoms with Crippen molar-refractivity contribution >= 4 is 12.6 Å². The van der Waals surface area contributed by atoms with Gasteiger partial charge in [0.2, 0.25) is 0 Å². The Kier molecular flexibility index (Phi) is 6.26. The third-order valence-electron chi connectivity index (χ3n) is 4.60. The van der Waals surface area contributed by atoms with Gasteiger partial charge in [0, 0.05) is 19.8 Å². The largest absolute Gasteiger partial charge is 0.495 e. The first kappa shape index (κ1) is 18.5. The molecule has 1 aliphatic rings. The van der Waals surface area contributed by atoms with Crippen LogP contribution in [0.15, 0.2) is 24.3 Å². The summed E-state index contributed by atoms with van der Waals surface area (Å²) in [7, 11) is -0.344. The summed E-state index contributed by atoms with van der Waals surface area (Å²) in [4.78, 5) is 0. The van der Waals surface area contributed by atoms with Crippen LogP contribution in [0.3, 0.4) is 0 Å². The first-order valence-corrected chi connectivity index (χ1v) is 8.46. The van der Waals surface area contributed by atoms with E-state index in [1.807, 2.05) is 19.1 Å². The summed E-state index contributed by atoms with van der Waals surface area (Å²) in [5, 5.41) is 0. The molecule has 1 aromatic carbocycles. The highest BCUT2D eigenvalue weighted by molar-refractivity contribution is 6.62. The molecule has 2 rings (SSSR count). The molecule has 1 heterocycles. The molecule has 0 radical (unpaired) electrons. The lowest BCUT2D eigenvalue weighted by Gasteiger charge is -2.32. The monoisotopic (exact) mass is 320 g/mol. The van der Waals surface area contributed by atoms with E-state index < -0.39 is 0 Å². The summed E-state index contributed by atoms with van der Waals surface area (Å²) in [6.07, 6.45) is 0.909. The van der Waals surface area contributed by atoms with Crippen molar-refractivity contribution in [2.24, 2.45) is 0 Å². The SMILES string of the molecule is CCOCCCOCc1ccccc1B1OC(C)(C)C(C)(C)O1. The van der Waals surface area contributed by atoms with Gasteiger partial charge in [-0.25, -0.2) is 0 Å². The van der Waals surface area contributed by atoms with Crippen molar-refractivity contribution in [2.75, 3.05) is 19.8 Å². The molecule has 23 heavy (non-hydrogen) atoms. The van der Waals surface area contributed by atoms with Crippen molar-refractivity contribution in [2.45, 2.75) is 58.8 Å². The summed E-state index contributed by atoms with van der Waals surface area (Å²) in [6, 6.07) is 8.16. The van der Waals surface area contributed by atoms with Crippen LogP contribution in [0.1, 0.15) is 46.6 Å². The minimum Gasteiger partial charge on any atom is -0.399 e. The molecule has 0 unspecified atom stereocenters. The molecule has 1 fully saturated rings. The third-order valence-corrected chi connectivity index (χ3v) is 4.60. The van der Waals surface area contributed by atoms with Gasteiger partial charge in [-0.1, -0.05) is 24.3 Å². The van der Waals surface area contributed by atoms with Crippen molar-refractivity contribution in [3.8, 4) is 0 Å². The second-order valence-corrected chi connectivity index (χ2v) is 6.89. The minimum absolute atomic E-state index is 0.330. The highest BCUT2D eigenvalue weighted by Crippen LogP contribution is 2.36. The van der Waals surface area contributed by atoms with Crippen LogP contribution in [0.5, 0.6) is 0 Å². The van der Waals surface area contributed by atoms with Crippen molar-refractivity contribution < 1.29 is 18.8 Å². The Hall–Kier alpha value is -0.875. The normalized spacial score (nSPS) is 19.3. The molecule has 1 saturated heterocycles. The van der Waals surface area contributed by atoms with Crippen LogP contribution in [-0.4, -0.2) is 38.1 Å². The Morgan fingerprint density at radius 1 is 0.957 bits per heavy atom. The van der Waals surface area contributed by atoms with Crippen LogP contribution in [0.4, 0.5) is 0 Å². The van der Waals surface area contributed by atoms with Crippen LogP contribution in [0.25, 0.3) is 0 Å². The van der Waals surface area contributed by atoms with Crippen LogP contribution in [-0.2, 0) is 25.4 Å². The van der Waals surface area contributed by atoms with Gasteiger partial charge in [0.05, 0.1) is 17.8 Å². The summed E-state index contributed by atoms with van der Waals surface area (Å²) in [6.45, 7) is 13.0. The topological polar surface area (TPSA) is 36.9 Å². The predicted molar refractivity (Wildman–Crippen MR) is 92.9 cm³/mol. The van der Waals surface area contributed by atoms with Crippen molar-refractivity contribution in [1.82, 2.24) is 0 Å². The van der Waals surface area contributed by atoms with E-state index in [0.29, 0.717) is 13.2 Å². The van der Waals surface area contributed by atoms with Gasteiger partial charge in [0.25, 0.3) is 0 Å². The van der Waals surface area contributed by atoms with E-state index in [9.17, 15) is 0 Å². The summed E-state index contributed by atoms with van der Waals surface area (Å²) >= 11 is 0. The fraction of sp³-hybridized carbons (Fsp3) is 0.667. The molecule has 0 saturated carbocycles. The van der Waals surface area contributed by atoms with Gasteiger partial charge in [-0.05, 0) is 52.1 Å². The third kappa shape index (κ3) is 4.57. The van der Waals surface area contributed by atoms with Gasteiger partial charge >= 0.3 is 7.12 Å². The van der Waals surface area contributed by atoms with Gasteiger partial charge in [0.1, 0.15) is 0 Å². The average molecular weight is 320 g/mol. The lowest BCUT2D eigenvalue weighted by atomic mass is 9.76. The fourth-order valence-corrected chi connectivity index (χ4v) is 2.46. The molecule has 4 nitrogen and oxygen atoms in total. The van der Waals surface area contributed by atoms with Crippen molar-refractivity contribution in [3.63, 3.8) is 0 Å². The molecule has 0 amide bonds. The van der Waals surface area contributed by atoms with E-state index in [1.165, 1.54) is 0 Å². The first-order valence-electron chi connectivity index (χ1n) is 8.46. The number of benzene rings is 1. The van der Waals surface area contributed by atoms with Gasteiger partial charge in [-0.3, -0.25) is 0 Å². The number of ether oxygens (including phenoxy) is 2. The average Bonchev–Trinajstić information content (AvgIpc) is 2.71. The van der Waals surface area contributed by atoms with E-state index in [4.69, 9.17) is 18.8 Å². The summed E-state index contributed by atoms with van der Waals surface area (Å²) < 4.78 is 23.4. The zero-order valence-corrected chi connectivity index (χ0v) is 15.1. The van der Waals surface area contributed by atoms with Crippen LogP contribution < -0.4 is 5.46 Å². The highest BCUT2D eigenvalue weighted by atomic mass is 16.7. The van der Waals surface area contributed by atoms with E-state index in [-0.39, 0.29) is 18.3 Å². The molecule has 0 aromatic heterocycles. The Morgan fingerprint density at radius 2 is 1.57 bits per heavy atom. The van der Waals surface area contributed by atoms with Crippen LogP contribution in [0, 0.1) is 0 Å². The Bertz CT molecular complexity index is 486. The Morgan fingerprint density at radius 3 is 2.22 bits per heavy atom. The predicted octanol–water partition coefficient (Wildman–Crippen LogP) is 2.93.